The Bertz CT molecular complexity index is 1000. The quantitative estimate of drug-likeness (QED) is 0.376. The van der Waals surface area contributed by atoms with E-state index in [0.29, 0.717) is 28.4 Å². The fraction of sp³-hybridized carbons (Fsp3) is 0. The third-order valence-corrected chi connectivity index (χ3v) is 3.63. The standard InChI is InChI=1S/C18H10ClN3O3/c19-13-4-6-15(17(10-13)22(23)24)18-7-5-14(25-18)9-12(11-20)16-3-1-2-8-21-16/h1-10H/b12-9+. The van der Waals surface area contributed by atoms with Crippen molar-refractivity contribution in [1.82, 2.24) is 4.98 Å². The molecule has 0 saturated carbocycles. The van der Waals surface area contributed by atoms with Gasteiger partial charge in [0.2, 0.25) is 0 Å². The molecule has 0 spiro atoms. The van der Waals surface area contributed by atoms with Crippen molar-refractivity contribution in [3.05, 3.63) is 81.3 Å². The van der Waals surface area contributed by atoms with Crippen molar-refractivity contribution in [3.63, 3.8) is 0 Å². The number of nitro benzene ring substituents is 1. The molecule has 0 radical (unpaired) electrons. The van der Waals surface area contributed by atoms with Crippen LogP contribution in [0.3, 0.4) is 0 Å². The molecule has 0 fully saturated rings. The number of hydrogen-bond donors (Lipinski definition) is 0. The Morgan fingerprint density at radius 2 is 2.12 bits per heavy atom. The second-order valence-electron chi connectivity index (χ2n) is 5.01. The summed E-state index contributed by atoms with van der Waals surface area (Å²) in [5.74, 6) is 0.703. The van der Waals surface area contributed by atoms with E-state index < -0.39 is 4.92 Å². The molecule has 122 valence electrons. The largest absolute Gasteiger partial charge is 0.456 e. The van der Waals surface area contributed by atoms with Crippen molar-refractivity contribution in [1.29, 1.82) is 5.26 Å². The van der Waals surface area contributed by atoms with Gasteiger partial charge in [-0.3, -0.25) is 15.1 Å². The highest BCUT2D eigenvalue weighted by molar-refractivity contribution is 6.30. The maximum atomic E-state index is 11.2. The van der Waals surface area contributed by atoms with Crippen LogP contribution in [0.25, 0.3) is 23.0 Å². The minimum atomic E-state index is -0.520. The number of nitro groups is 1. The van der Waals surface area contributed by atoms with Crippen molar-refractivity contribution >= 4 is 28.9 Å². The summed E-state index contributed by atoms with van der Waals surface area (Å²) in [6.45, 7) is 0. The molecule has 0 saturated heterocycles. The third kappa shape index (κ3) is 3.57. The number of nitrogens with zero attached hydrogens (tertiary/aromatic N) is 3. The monoisotopic (exact) mass is 351 g/mol. The second kappa shape index (κ2) is 6.99. The molecule has 2 heterocycles. The molecule has 0 unspecified atom stereocenters. The lowest BCUT2D eigenvalue weighted by Crippen LogP contribution is -1.91. The van der Waals surface area contributed by atoms with E-state index in [4.69, 9.17) is 16.0 Å². The van der Waals surface area contributed by atoms with Gasteiger partial charge in [-0.2, -0.15) is 5.26 Å². The molecule has 3 rings (SSSR count). The van der Waals surface area contributed by atoms with Crippen LogP contribution in [-0.2, 0) is 0 Å². The van der Waals surface area contributed by atoms with Gasteiger partial charge in [-0.15, -0.1) is 0 Å². The number of pyridine rings is 1. The van der Waals surface area contributed by atoms with Crippen molar-refractivity contribution in [2.24, 2.45) is 0 Å². The zero-order valence-electron chi connectivity index (χ0n) is 12.7. The molecule has 0 bridgehead atoms. The van der Waals surface area contributed by atoms with Crippen LogP contribution < -0.4 is 0 Å². The van der Waals surface area contributed by atoms with Gasteiger partial charge in [0.15, 0.2) is 0 Å². The van der Waals surface area contributed by atoms with Crippen LogP contribution in [0.4, 0.5) is 5.69 Å². The Labute approximate surface area is 147 Å². The zero-order valence-corrected chi connectivity index (χ0v) is 13.5. The van der Waals surface area contributed by atoms with Gasteiger partial charge in [0, 0.05) is 23.4 Å². The summed E-state index contributed by atoms with van der Waals surface area (Å²) >= 11 is 5.82. The lowest BCUT2D eigenvalue weighted by atomic mass is 10.1. The third-order valence-electron chi connectivity index (χ3n) is 3.40. The number of aromatic nitrogens is 1. The van der Waals surface area contributed by atoms with Crippen LogP contribution in [0.1, 0.15) is 11.5 Å². The first-order valence-electron chi connectivity index (χ1n) is 7.16. The molecule has 0 aliphatic rings. The molecule has 25 heavy (non-hydrogen) atoms. The van der Waals surface area contributed by atoms with Gasteiger partial charge >= 0.3 is 0 Å². The number of hydrogen-bond acceptors (Lipinski definition) is 5. The summed E-state index contributed by atoms with van der Waals surface area (Å²) in [7, 11) is 0. The van der Waals surface area contributed by atoms with Crippen molar-refractivity contribution in [3.8, 4) is 17.4 Å². The number of halogens is 1. The molecule has 2 aromatic heterocycles. The normalized spacial score (nSPS) is 11.1. The molecule has 7 heteroatoms. The SMILES string of the molecule is N#C/C(=C\c1ccc(-c2ccc(Cl)cc2[N+](=O)[O-])o1)c1ccccn1. The fourth-order valence-electron chi connectivity index (χ4n) is 2.27. The molecular formula is C18H10ClN3O3. The Balaban J connectivity index is 2.00. The van der Waals surface area contributed by atoms with Gasteiger partial charge in [-0.05, 0) is 36.4 Å². The maximum Gasteiger partial charge on any atom is 0.281 e. The minimum absolute atomic E-state index is 0.150. The van der Waals surface area contributed by atoms with E-state index in [1.54, 1.807) is 42.6 Å². The topological polar surface area (TPSA) is 93.0 Å². The summed E-state index contributed by atoms with van der Waals surface area (Å²) in [4.78, 5) is 14.8. The summed E-state index contributed by atoms with van der Waals surface area (Å²) < 4.78 is 5.65. The maximum absolute atomic E-state index is 11.2. The van der Waals surface area contributed by atoms with Crippen LogP contribution in [0.5, 0.6) is 0 Å². The molecule has 0 atom stereocenters. The number of nitriles is 1. The first-order chi connectivity index (χ1) is 12.1. The molecule has 0 N–H and O–H groups in total. The van der Waals surface area contributed by atoms with Crippen LogP contribution in [0.15, 0.2) is 59.1 Å². The van der Waals surface area contributed by atoms with E-state index in [1.165, 1.54) is 18.2 Å². The van der Waals surface area contributed by atoms with Gasteiger partial charge in [0.1, 0.15) is 17.6 Å². The Hall–Kier alpha value is -3.43. The van der Waals surface area contributed by atoms with Gasteiger partial charge in [0.25, 0.3) is 5.69 Å². The summed E-state index contributed by atoms with van der Waals surface area (Å²) in [5.41, 5.74) is 1.00. The molecule has 0 aliphatic carbocycles. The summed E-state index contributed by atoms with van der Waals surface area (Å²) in [5, 5.41) is 20.8. The van der Waals surface area contributed by atoms with Crippen molar-refractivity contribution in [2.75, 3.05) is 0 Å². The van der Waals surface area contributed by atoms with E-state index in [9.17, 15) is 15.4 Å². The average molecular weight is 352 g/mol. The average Bonchev–Trinajstić information content (AvgIpc) is 3.08. The predicted octanol–water partition coefficient (Wildman–Crippen LogP) is 4.97. The molecular weight excluding hydrogens is 342 g/mol. The predicted molar refractivity (Wildman–Crippen MR) is 93.5 cm³/mol. The Morgan fingerprint density at radius 1 is 1.28 bits per heavy atom. The first-order valence-corrected chi connectivity index (χ1v) is 7.53. The minimum Gasteiger partial charge on any atom is -0.456 e. The number of allylic oxidation sites excluding steroid dienone is 1. The van der Waals surface area contributed by atoms with Crippen LogP contribution in [0, 0.1) is 21.4 Å². The van der Waals surface area contributed by atoms with Crippen LogP contribution in [0.2, 0.25) is 5.02 Å². The number of rotatable bonds is 4. The molecule has 0 aliphatic heterocycles. The van der Waals surface area contributed by atoms with E-state index in [-0.39, 0.29) is 10.7 Å². The van der Waals surface area contributed by atoms with E-state index in [1.807, 2.05) is 0 Å². The van der Waals surface area contributed by atoms with E-state index >= 15 is 0 Å². The first kappa shape index (κ1) is 16.4. The zero-order chi connectivity index (χ0) is 17.8. The summed E-state index contributed by atoms with van der Waals surface area (Å²) in [6, 6.07) is 14.9. The van der Waals surface area contributed by atoms with Crippen LogP contribution >= 0.6 is 11.6 Å². The highest BCUT2D eigenvalue weighted by Gasteiger charge is 2.18. The van der Waals surface area contributed by atoms with Gasteiger partial charge in [0.05, 0.1) is 21.8 Å². The van der Waals surface area contributed by atoms with Gasteiger partial charge in [-0.25, -0.2) is 0 Å². The van der Waals surface area contributed by atoms with Crippen molar-refractivity contribution in [2.45, 2.75) is 0 Å². The molecule has 1 aromatic carbocycles. The smallest absolute Gasteiger partial charge is 0.281 e. The van der Waals surface area contributed by atoms with E-state index in [0.717, 1.165) is 0 Å². The van der Waals surface area contributed by atoms with Gasteiger partial charge < -0.3 is 4.42 Å². The number of benzene rings is 1. The lowest BCUT2D eigenvalue weighted by Gasteiger charge is -2.00. The highest BCUT2D eigenvalue weighted by atomic mass is 35.5. The summed E-state index contributed by atoms with van der Waals surface area (Å²) in [6.07, 6.45) is 3.12. The lowest BCUT2D eigenvalue weighted by molar-refractivity contribution is -0.384. The Morgan fingerprint density at radius 3 is 2.80 bits per heavy atom. The molecule has 0 amide bonds. The fourth-order valence-corrected chi connectivity index (χ4v) is 2.43. The number of furan rings is 1. The highest BCUT2D eigenvalue weighted by Crippen LogP contribution is 2.34. The van der Waals surface area contributed by atoms with Crippen LogP contribution in [-0.4, -0.2) is 9.91 Å². The van der Waals surface area contributed by atoms with E-state index in [2.05, 4.69) is 11.1 Å². The molecule has 6 nitrogen and oxygen atoms in total. The van der Waals surface area contributed by atoms with Crippen molar-refractivity contribution < 1.29 is 9.34 Å². The second-order valence-corrected chi connectivity index (χ2v) is 5.44. The van der Waals surface area contributed by atoms with Gasteiger partial charge in [-0.1, -0.05) is 17.7 Å². The molecule has 3 aromatic rings. The Kier molecular flexibility index (Phi) is 4.59.